The summed E-state index contributed by atoms with van der Waals surface area (Å²) in [6.45, 7) is 7.76. The lowest BCUT2D eigenvalue weighted by molar-refractivity contribution is 0.169. The molecule has 9 heteroatoms. The molecule has 0 saturated heterocycles. The molecule has 2 aromatic carbocycles. The number of methoxy groups -OCH3 is 1. The zero-order chi connectivity index (χ0) is 23.3. The van der Waals surface area contributed by atoms with E-state index in [1.54, 1.807) is 19.5 Å². The first kappa shape index (κ1) is 25.0. The van der Waals surface area contributed by atoms with Crippen molar-refractivity contribution in [1.82, 2.24) is 14.3 Å². The molecule has 170 valence electrons. The number of ether oxygens (including phenoxy) is 2. The van der Waals surface area contributed by atoms with Crippen molar-refractivity contribution in [2.24, 2.45) is 4.99 Å². The highest BCUT2D eigenvalue weighted by Gasteiger charge is 2.05. The van der Waals surface area contributed by atoms with Crippen molar-refractivity contribution in [1.29, 1.82) is 0 Å². The summed E-state index contributed by atoms with van der Waals surface area (Å²) < 4.78 is 27.0. The minimum atomic E-state index is -0.251. The Balaban J connectivity index is 0.000000190. The van der Waals surface area contributed by atoms with Gasteiger partial charge in [-0.15, -0.1) is 0 Å². The molecule has 3 N–H and O–H groups in total. The standard InChI is InChI=1S/C13H14N2O.C6H6FN.C4H8N2OS/c1-4-11-5-6-12(13(7-11)16-3)15-8-10(2)14-9-15;7-5-1-3-6(8)4-2-5;8-6-4-3-7-2-1-5-4/h4-9H,1H2,2-3H3;1-4H,8H2;8H,1-3H2,(H,5,6). The molecular weight excluding hydrogens is 429 g/mol. The number of benzene rings is 2. The predicted octanol–water partition coefficient (Wildman–Crippen LogP) is 4.09. The molecule has 3 aromatic rings. The zero-order valence-corrected chi connectivity index (χ0v) is 19.1. The Morgan fingerprint density at radius 3 is 2.50 bits per heavy atom. The number of nitrogens with two attached hydrogens (primary N) is 1. The van der Waals surface area contributed by atoms with Gasteiger partial charge >= 0.3 is 0 Å². The average molecular weight is 458 g/mol. The van der Waals surface area contributed by atoms with Gasteiger partial charge in [0.25, 0.3) is 0 Å². The Hall–Kier alpha value is -3.30. The summed E-state index contributed by atoms with van der Waals surface area (Å²) >= 11 is 3.80. The first-order valence-electron chi connectivity index (χ1n) is 9.80. The van der Waals surface area contributed by atoms with Crippen LogP contribution < -0.4 is 15.2 Å². The molecule has 32 heavy (non-hydrogen) atoms. The van der Waals surface area contributed by atoms with Gasteiger partial charge in [0.2, 0.25) is 0 Å². The molecule has 0 saturated carbocycles. The number of anilines is 1. The van der Waals surface area contributed by atoms with Gasteiger partial charge in [0.05, 0.1) is 38.0 Å². The van der Waals surface area contributed by atoms with Crippen LogP contribution in [0.5, 0.6) is 5.75 Å². The van der Waals surface area contributed by atoms with E-state index in [0.717, 1.165) is 41.7 Å². The number of rotatable bonds is 3. The Morgan fingerprint density at radius 1 is 1.28 bits per heavy atom. The largest absolute Gasteiger partial charge is 0.495 e. The fourth-order valence-electron chi connectivity index (χ4n) is 2.58. The van der Waals surface area contributed by atoms with Crippen molar-refractivity contribution in [2.75, 3.05) is 32.6 Å². The molecule has 1 aromatic heterocycles. The first-order chi connectivity index (χ1) is 15.5. The summed E-state index contributed by atoms with van der Waals surface area (Å²) in [5, 5.41) is 0. The molecule has 0 bridgehead atoms. The minimum absolute atomic E-state index is 0.251. The molecule has 1 aliphatic rings. The van der Waals surface area contributed by atoms with E-state index in [9.17, 15) is 4.39 Å². The number of halogens is 1. The molecule has 2 heterocycles. The van der Waals surface area contributed by atoms with Gasteiger partial charge in [-0.3, -0.25) is 4.99 Å². The lowest BCUT2D eigenvalue weighted by atomic mass is 10.2. The molecule has 0 unspecified atom stereocenters. The number of imidazole rings is 1. The minimum Gasteiger partial charge on any atom is -0.495 e. The SMILES string of the molecule is C=Cc1ccc(-n2cnc(C)c2)c(OC)c1.Nc1ccc(F)cc1.SNC1=NCCOC1. The molecule has 7 nitrogen and oxygen atoms in total. The third-order valence-electron chi connectivity index (χ3n) is 4.21. The van der Waals surface area contributed by atoms with Crippen LogP contribution in [0.1, 0.15) is 11.3 Å². The van der Waals surface area contributed by atoms with Gasteiger partial charge < -0.3 is 24.5 Å². The van der Waals surface area contributed by atoms with Gasteiger partial charge in [-0.1, -0.05) is 31.5 Å². The molecular formula is C23H28FN5O2S. The van der Waals surface area contributed by atoms with E-state index in [4.69, 9.17) is 15.2 Å². The maximum Gasteiger partial charge on any atom is 0.143 e. The lowest BCUT2D eigenvalue weighted by Gasteiger charge is -2.10. The van der Waals surface area contributed by atoms with Crippen molar-refractivity contribution < 1.29 is 13.9 Å². The lowest BCUT2D eigenvalue weighted by Crippen LogP contribution is -2.25. The molecule has 0 aliphatic carbocycles. The second-order valence-electron chi connectivity index (χ2n) is 6.60. The van der Waals surface area contributed by atoms with Crippen molar-refractivity contribution in [3.05, 3.63) is 78.6 Å². The van der Waals surface area contributed by atoms with E-state index in [1.807, 2.05) is 35.9 Å². The number of hydrogen-bond acceptors (Lipinski definition) is 7. The van der Waals surface area contributed by atoms with Crippen LogP contribution >= 0.6 is 12.8 Å². The van der Waals surface area contributed by atoms with Crippen LogP contribution in [0, 0.1) is 12.7 Å². The van der Waals surface area contributed by atoms with Crippen LogP contribution in [0.4, 0.5) is 10.1 Å². The summed E-state index contributed by atoms with van der Waals surface area (Å²) in [7, 11) is 1.66. The summed E-state index contributed by atoms with van der Waals surface area (Å²) in [6, 6.07) is 11.7. The number of nitrogens with one attached hydrogen (secondary N) is 1. The predicted molar refractivity (Wildman–Crippen MR) is 131 cm³/mol. The van der Waals surface area contributed by atoms with E-state index in [1.165, 1.54) is 24.3 Å². The van der Waals surface area contributed by atoms with Gasteiger partial charge in [-0.2, -0.15) is 0 Å². The Morgan fingerprint density at radius 2 is 2.03 bits per heavy atom. The third kappa shape index (κ3) is 8.09. The number of nitrogen functional groups attached to an aromatic ring is 1. The van der Waals surface area contributed by atoms with Gasteiger partial charge in [0, 0.05) is 11.9 Å². The van der Waals surface area contributed by atoms with Gasteiger partial charge in [0.15, 0.2) is 0 Å². The van der Waals surface area contributed by atoms with Crippen molar-refractivity contribution in [3.63, 3.8) is 0 Å². The topological polar surface area (TPSA) is 86.7 Å². The highest BCUT2D eigenvalue weighted by atomic mass is 32.1. The molecule has 1 aliphatic heterocycles. The van der Waals surface area contributed by atoms with Crippen molar-refractivity contribution in [2.45, 2.75) is 6.92 Å². The Kier molecular flexibility index (Phi) is 10.3. The maximum atomic E-state index is 12.0. The number of thiol groups is 1. The number of aryl methyl sites for hydroxylation is 1. The number of amidine groups is 1. The third-order valence-corrected chi connectivity index (χ3v) is 4.46. The smallest absolute Gasteiger partial charge is 0.143 e. The number of nitrogens with zero attached hydrogens (tertiary/aromatic N) is 3. The molecule has 4 rings (SSSR count). The van der Waals surface area contributed by atoms with E-state index in [2.05, 4.69) is 34.1 Å². The van der Waals surface area contributed by atoms with Gasteiger partial charge in [-0.25, -0.2) is 9.37 Å². The average Bonchev–Trinajstić information content (AvgIpc) is 3.27. The maximum absolute atomic E-state index is 12.0. The van der Waals surface area contributed by atoms with Gasteiger partial charge in [-0.05, 0) is 48.9 Å². The quantitative estimate of drug-likeness (QED) is 0.407. The molecule has 0 atom stereocenters. The second kappa shape index (κ2) is 13.2. The van der Waals surface area contributed by atoms with E-state index in [0.29, 0.717) is 12.3 Å². The number of hydrogen-bond donors (Lipinski definition) is 3. The molecule has 0 radical (unpaired) electrons. The summed E-state index contributed by atoms with van der Waals surface area (Å²) in [4.78, 5) is 8.25. The van der Waals surface area contributed by atoms with Crippen molar-refractivity contribution in [3.8, 4) is 11.4 Å². The number of aliphatic imine (C=N–C) groups is 1. The van der Waals surface area contributed by atoms with Crippen molar-refractivity contribution >= 4 is 30.4 Å². The second-order valence-corrected chi connectivity index (χ2v) is 6.83. The van der Waals surface area contributed by atoms with E-state index >= 15 is 0 Å². The first-order valence-corrected chi connectivity index (χ1v) is 10.2. The van der Waals surface area contributed by atoms with Crippen LogP contribution in [0.25, 0.3) is 11.8 Å². The highest BCUT2D eigenvalue weighted by molar-refractivity contribution is 7.78. The summed E-state index contributed by atoms with van der Waals surface area (Å²) in [5.41, 5.74) is 8.85. The summed E-state index contributed by atoms with van der Waals surface area (Å²) in [5.74, 6) is 1.38. The van der Waals surface area contributed by atoms with E-state index in [-0.39, 0.29) is 5.82 Å². The van der Waals surface area contributed by atoms with E-state index < -0.39 is 0 Å². The Bertz CT molecular complexity index is 1000. The fraction of sp³-hybridized carbons (Fsp3) is 0.217. The van der Waals surface area contributed by atoms with Crippen LogP contribution in [0.2, 0.25) is 0 Å². The van der Waals surface area contributed by atoms with Gasteiger partial charge in [0.1, 0.15) is 24.0 Å². The fourth-order valence-corrected chi connectivity index (χ4v) is 2.71. The monoisotopic (exact) mass is 457 g/mol. The van der Waals surface area contributed by atoms with Crippen LogP contribution in [-0.2, 0) is 4.74 Å². The van der Waals surface area contributed by atoms with Crippen LogP contribution in [-0.4, -0.2) is 42.3 Å². The molecule has 0 amide bonds. The number of aromatic nitrogens is 2. The summed E-state index contributed by atoms with van der Waals surface area (Å²) in [6.07, 6.45) is 5.54. The normalized spacial score (nSPS) is 12.3. The Labute approximate surface area is 193 Å². The molecule has 0 fully saturated rings. The zero-order valence-electron chi connectivity index (χ0n) is 18.2. The van der Waals surface area contributed by atoms with Crippen LogP contribution in [0.3, 0.4) is 0 Å². The highest BCUT2D eigenvalue weighted by Crippen LogP contribution is 2.24. The van der Waals surface area contributed by atoms with Crippen LogP contribution in [0.15, 0.2) is 66.6 Å². The molecule has 0 spiro atoms.